The normalized spacial score (nSPS) is 13.5. The van der Waals surface area contributed by atoms with Crippen LogP contribution in [-0.4, -0.2) is 29.0 Å². The van der Waals surface area contributed by atoms with Crippen LogP contribution in [0, 0.1) is 0 Å². The van der Waals surface area contributed by atoms with Gasteiger partial charge in [0.25, 0.3) is 0 Å². The fraction of sp³-hybridized carbons (Fsp3) is 0.583. The highest BCUT2D eigenvalue weighted by molar-refractivity contribution is 5.08. The maximum absolute atomic E-state index is 5.62. The lowest BCUT2D eigenvalue weighted by Gasteiger charge is -2.31. The number of rotatable bonds is 5. The molecule has 3 nitrogen and oxygen atoms in total. The van der Waals surface area contributed by atoms with E-state index in [4.69, 9.17) is 5.73 Å². The average Bonchev–Trinajstić information content (AvgIpc) is 2.26. The summed E-state index contributed by atoms with van der Waals surface area (Å²) >= 11 is 0. The highest BCUT2D eigenvalue weighted by Gasteiger charge is 2.18. The molecule has 2 N–H and O–H groups in total. The third-order valence-corrected chi connectivity index (χ3v) is 2.66. The zero-order valence-corrected chi connectivity index (χ0v) is 9.85. The molecule has 0 aliphatic heterocycles. The maximum atomic E-state index is 5.62. The molecule has 84 valence electrons. The monoisotopic (exact) mass is 207 g/mol. The molecule has 0 fully saturated rings. The van der Waals surface area contributed by atoms with E-state index in [1.165, 1.54) is 0 Å². The summed E-state index contributed by atoms with van der Waals surface area (Å²) in [5.41, 5.74) is 6.73. The minimum absolute atomic E-state index is 0.328. The minimum atomic E-state index is 0.328. The van der Waals surface area contributed by atoms with Gasteiger partial charge in [-0.2, -0.15) is 0 Å². The SMILES string of the molecule is CC(C)N(CCN)[C@@H](C)c1ccccn1. The van der Waals surface area contributed by atoms with E-state index in [-0.39, 0.29) is 0 Å². The molecule has 1 rings (SSSR count). The molecule has 1 heterocycles. The van der Waals surface area contributed by atoms with E-state index in [1.807, 2.05) is 18.3 Å². The topological polar surface area (TPSA) is 42.1 Å². The second-order valence-corrected chi connectivity index (χ2v) is 4.05. The van der Waals surface area contributed by atoms with Gasteiger partial charge in [-0.05, 0) is 32.9 Å². The van der Waals surface area contributed by atoms with Gasteiger partial charge in [0.2, 0.25) is 0 Å². The Labute approximate surface area is 92.3 Å². The molecule has 1 aromatic heterocycles. The van der Waals surface area contributed by atoms with Crippen molar-refractivity contribution in [1.29, 1.82) is 0 Å². The first-order valence-electron chi connectivity index (χ1n) is 5.53. The number of pyridine rings is 1. The fourth-order valence-electron chi connectivity index (χ4n) is 1.84. The number of hydrogen-bond acceptors (Lipinski definition) is 3. The summed E-state index contributed by atoms with van der Waals surface area (Å²) in [4.78, 5) is 6.75. The molecule has 0 aromatic carbocycles. The van der Waals surface area contributed by atoms with Crippen LogP contribution in [0.4, 0.5) is 0 Å². The summed E-state index contributed by atoms with van der Waals surface area (Å²) in [6.07, 6.45) is 1.84. The van der Waals surface area contributed by atoms with Crippen molar-refractivity contribution in [2.24, 2.45) is 5.73 Å². The second-order valence-electron chi connectivity index (χ2n) is 4.05. The Hall–Kier alpha value is -0.930. The third-order valence-electron chi connectivity index (χ3n) is 2.66. The molecule has 3 heteroatoms. The van der Waals surface area contributed by atoms with Gasteiger partial charge >= 0.3 is 0 Å². The molecule has 0 saturated carbocycles. The van der Waals surface area contributed by atoms with Gasteiger partial charge in [-0.3, -0.25) is 9.88 Å². The van der Waals surface area contributed by atoms with Gasteiger partial charge in [-0.1, -0.05) is 6.07 Å². The van der Waals surface area contributed by atoms with E-state index in [0.717, 1.165) is 12.2 Å². The summed E-state index contributed by atoms with van der Waals surface area (Å²) in [6.45, 7) is 8.16. The Kier molecular flexibility index (Phi) is 4.72. The van der Waals surface area contributed by atoms with Crippen molar-refractivity contribution in [2.45, 2.75) is 32.9 Å². The number of aromatic nitrogens is 1. The van der Waals surface area contributed by atoms with E-state index in [2.05, 4.69) is 36.7 Å². The molecule has 1 atom stereocenters. The molecule has 15 heavy (non-hydrogen) atoms. The summed E-state index contributed by atoms with van der Waals surface area (Å²) in [6, 6.07) is 6.86. The highest BCUT2D eigenvalue weighted by Crippen LogP contribution is 2.19. The van der Waals surface area contributed by atoms with Crippen molar-refractivity contribution >= 4 is 0 Å². The molecule has 0 unspecified atom stereocenters. The first kappa shape index (κ1) is 12.1. The molecule has 0 aliphatic carbocycles. The van der Waals surface area contributed by atoms with E-state index >= 15 is 0 Å². The van der Waals surface area contributed by atoms with Crippen molar-refractivity contribution in [3.63, 3.8) is 0 Å². The highest BCUT2D eigenvalue weighted by atomic mass is 15.2. The van der Waals surface area contributed by atoms with Gasteiger partial charge in [0.1, 0.15) is 0 Å². The molecule has 0 amide bonds. The Balaban J connectivity index is 2.76. The molecular weight excluding hydrogens is 186 g/mol. The minimum Gasteiger partial charge on any atom is -0.329 e. The van der Waals surface area contributed by atoms with E-state index in [0.29, 0.717) is 18.6 Å². The second kappa shape index (κ2) is 5.83. The van der Waals surface area contributed by atoms with E-state index < -0.39 is 0 Å². The first-order chi connectivity index (χ1) is 7.16. The summed E-state index contributed by atoms with van der Waals surface area (Å²) in [5.74, 6) is 0. The van der Waals surface area contributed by atoms with Gasteiger partial charge in [-0.15, -0.1) is 0 Å². The van der Waals surface area contributed by atoms with Crippen LogP contribution in [0.1, 0.15) is 32.5 Å². The molecular formula is C12H21N3. The standard InChI is InChI=1S/C12H21N3/c1-10(2)15(9-7-13)11(3)12-6-4-5-8-14-12/h4-6,8,10-11H,7,9,13H2,1-3H3/t11-/m0/s1. The smallest absolute Gasteiger partial charge is 0.0572 e. The lowest BCUT2D eigenvalue weighted by molar-refractivity contribution is 0.167. The summed E-state index contributed by atoms with van der Waals surface area (Å²) in [7, 11) is 0. The van der Waals surface area contributed by atoms with Crippen molar-refractivity contribution in [3.8, 4) is 0 Å². The van der Waals surface area contributed by atoms with Gasteiger partial charge in [0, 0.05) is 31.4 Å². The van der Waals surface area contributed by atoms with Crippen LogP contribution in [0.15, 0.2) is 24.4 Å². The molecule has 0 bridgehead atoms. The average molecular weight is 207 g/mol. The van der Waals surface area contributed by atoms with Crippen molar-refractivity contribution in [1.82, 2.24) is 9.88 Å². The van der Waals surface area contributed by atoms with Gasteiger partial charge in [0.15, 0.2) is 0 Å². The van der Waals surface area contributed by atoms with E-state index in [9.17, 15) is 0 Å². The lowest BCUT2D eigenvalue weighted by atomic mass is 10.1. The quantitative estimate of drug-likeness (QED) is 0.800. The Morgan fingerprint density at radius 1 is 1.33 bits per heavy atom. The Morgan fingerprint density at radius 3 is 2.53 bits per heavy atom. The predicted molar refractivity (Wildman–Crippen MR) is 63.5 cm³/mol. The first-order valence-corrected chi connectivity index (χ1v) is 5.53. The Bertz CT molecular complexity index is 271. The summed E-state index contributed by atoms with van der Waals surface area (Å²) in [5, 5.41) is 0. The Morgan fingerprint density at radius 2 is 2.07 bits per heavy atom. The van der Waals surface area contributed by atoms with Crippen molar-refractivity contribution in [3.05, 3.63) is 30.1 Å². The number of nitrogens with two attached hydrogens (primary N) is 1. The van der Waals surface area contributed by atoms with Crippen LogP contribution in [0.3, 0.4) is 0 Å². The zero-order valence-electron chi connectivity index (χ0n) is 9.85. The van der Waals surface area contributed by atoms with Crippen LogP contribution in [0.5, 0.6) is 0 Å². The van der Waals surface area contributed by atoms with Crippen LogP contribution < -0.4 is 5.73 Å². The van der Waals surface area contributed by atoms with Gasteiger partial charge in [-0.25, -0.2) is 0 Å². The molecule has 0 saturated heterocycles. The van der Waals surface area contributed by atoms with Crippen molar-refractivity contribution < 1.29 is 0 Å². The van der Waals surface area contributed by atoms with E-state index in [1.54, 1.807) is 0 Å². The van der Waals surface area contributed by atoms with Crippen LogP contribution >= 0.6 is 0 Å². The van der Waals surface area contributed by atoms with Gasteiger partial charge in [0.05, 0.1) is 5.69 Å². The number of nitrogens with zero attached hydrogens (tertiary/aromatic N) is 2. The van der Waals surface area contributed by atoms with Crippen LogP contribution in [0.2, 0.25) is 0 Å². The van der Waals surface area contributed by atoms with Crippen molar-refractivity contribution in [2.75, 3.05) is 13.1 Å². The maximum Gasteiger partial charge on any atom is 0.0572 e. The lowest BCUT2D eigenvalue weighted by Crippen LogP contribution is -2.37. The molecule has 0 radical (unpaired) electrons. The fourth-order valence-corrected chi connectivity index (χ4v) is 1.84. The van der Waals surface area contributed by atoms with Crippen LogP contribution in [0.25, 0.3) is 0 Å². The molecule has 0 spiro atoms. The number of hydrogen-bond donors (Lipinski definition) is 1. The van der Waals surface area contributed by atoms with Gasteiger partial charge < -0.3 is 5.73 Å². The molecule has 0 aliphatic rings. The summed E-state index contributed by atoms with van der Waals surface area (Å²) < 4.78 is 0. The largest absolute Gasteiger partial charge is 0.329 e. The third kappa shape index (κ3) is 3.29. The zero-order chi connectivity index (χ0) is 11.3. The predicted octanol–water partition coefficient (Wildman–Crippen LogP) is 1.81. The van der Waals surface area contributed by atoms with Crippen LogP contribution in [-0.2, 0) is 0 Å². The molecule has 1 aromatic rings.